The third-order valence-corrected chi connectivity index (χ3v) is 6.04. The third kappa shape index (κ3) is 2.72. The van der Waals surface area contributed by atoms with E-state index in [2.05, 4.69) is 11.9 Å². The standard InChI is InChI=1S/C17H24N2O2S/c1-3-21-15-10-14(17(15)8-4-5-9-17)19(2)16(20)7-6-13-11-18-12-22-13/h6-7,11-12,14-15H,3-5,8-10H2,1-2H3/b7-6+/t14-,15+/m0/s1. The van der Waals surface area contributed by atoms with Crippen LogP contribution in [-0.2, 0) is 9.53 Å². The normalized spacial score (nSPS) is 26.5. The Kier molecular flexibility index (Phi) is 4.64. The molecule has 1 aromatic heterocycles. The van der Waals surface area contributed by atoms with Crippen LogP contribution in [0, 0.1) is 5.41 Å². The van der Waals surface area contributed by atoms with Gasteiger partial charge in [-0.2, -0.15) is 0 Å². The SMILES string of the molecule is CCO[C@@H]1C[C@H](N(C)C(=O)/C=C/c2cncs2)C12CCCC2. The predicted octanol–water partition coefficient (Wildman–Crippen LogP) is 3.35. The van der Waals surface area contributed by atoms with Gasteiger partial charge >= 0.3 is 0 Å². The minimum atomic E-state index is 0.0830. The van der Waals surface area contributed by atoms with Gasteiger partial charge in [-0.3, -0.25) is 9.78 Å². The minimum absolute atomic E-state index is 0.0830. The van der Waals surface area contributed by atoms with E-state index in [9.17, 15) is 4.79 Å². The van der Waals surface area contributed by atoms with Gasteiger partial charge in [0.25, 0.3) is 0 Å². The highest BCUT2D eigenvalue weighted by Gasteiger charge is 2.58. The zero-order valence-corrected chi connectivity index (χ0v) is 14.1. The molecule has 2 aliphatic rings. The zero-order valence-electron chi connectivity index (χ0n) is 13.3. The monoisotopic (exact) mass is 320 g/mol. The molecule has 2 aliphatic carbocycles. The lowest BCUT2D eigenvalue weighted by molar-refractivity contribution is -0.169. The maximum absolute atomic E-state index is 12.5. The summed E-state index contributed by atoms with van der Waals surface area (Å²) >= 11 is 1.54. The van der Waals surface area contributed by atoms with Crippen LogP contribution in [-0.4, -0.2) is 41.6 Å². The van der Waals surface area contributed by atoms with E-state index in [0.717, 1.165) is 17.9 Å². The van der Waals surface area contributed by atoms with Crippen molar-refractivity contribution >= 4 is 23.3 Å². The van der Waals surface area contributed by atoms with Gasteiger partial charge < -0.3 is 9.64 Å². The number of carbonyl (C=O) groups excluding carboxylic acids is 1. The van der Waals surface area contributed by atoms with Gasteiger partial charge in [-0.05, 0) is 32.3 Å². The van der Waals surface area contributed by atoms with E-state index >= 15 is 0 Å². The summed E-state index contributed by atoms with van der Waals surface area (Å²) in [5.41, 5.74) is 1.98. The molecule has 2 saturated carbocycles. The molecule has 3 rings (SSSR count). The fraction of sp³-hybridized carbons (Fsp3) is 0.647. The molecule has 0 aliphatic heterocycles. The number of nitrogens with zero attached hydrogens (tertiary/aromatic N) is 2. The second kappa shape index (κ2) is 6.50. The summed E-state index contributed by atoms with van der Waals surface area (Å²) in [6, 6.07) is 0.324. The molecule has 1 amide bonds. The Morgan fingerprint density at radius 3 is 2.95 bits per heavy atom. The van der Waals surface area contributed by atoms with Crippen LogP contribution in [0.5, 0.6) is 0 Å². The molecular formula is C17H24N2O2S. The summed E-state index contributed by atoms with van der Waals surface area (Å²) in [6.45, 7) is 2.82. The Morgan fingerprint density at radius 2 is 2.32 bits per heavy atom. The first-order valence-electron chi connectivity index (χ1n) is 8.12. The summed E-state index contributed by atoms with van der Waals surface area (Å²) in [5, 5.41) is 0. The number of likely N-dealkylation sites (N-methyl/N-ethyl adjacent to an activating group) is 1. The van der Waals surface area contributed by atoms with Gasteiger partial charge in [0.15, 0.2) is 0 Å². The molecule has 0 N–H and O–H groups in total. The number of carbonyl (C=O) groups is 1. The van der Waals surface area contributed by atoms with Crippen molar-refractivity contribution in [3.05, 3.63) is 22.7 Å². The van der Waals surface area contributed by atoms with E-state index < -0.39 is 0 Å². The van der Waals surface area contributed by atoms with Crippen LogP contribution >= 0.6 is 11.3 Å². The summed E-state index contributed by atoms with van der Waals surface area (Å²) in [6.07, 6.45) is 11.5. The number of aromatic nitrogens is 1. The molecule has 5 heteroatoms. The van der Waals surface area contributed by atoms with Gasteiger partial charge in [0, 0.05) is 42.3 Å². The Morgan fingerprint density at radius 1 is 1.55 bits per heavy atom. The highest BCUT2D eigenvalue weighted by Crippen LogP contribution is 2.56. The predicted molar refractivity (Wildman–Crippen MR) is 88.6 cm³/mol. The summed E-state index contributed by atoms with van der Waals surface area (Å²) in [4.78, 5) is 19.4. The van der Waals surface area contributed by atoms with Crippen molar-refractivity contribution in [1.29, 1.82) is 0 Å². The fourth-order valence-corrected chi connectivity index (χ4v) is 4.64. The molecule has 1 aromatic rings. The molecule has 0 unspecified atom stereocenters. The van der Waals surface area contributed by atoms with Crippen molar-refractivity contribution in [3.8, 4) is 0 Å². The van der Waals surface area contributed by atoms with E-state index in [1.54, 1.807) is 29.1 Å². The number of thiazole rings is 1. The first-order chi connectivity index (χ1) is 10.7. The topological polar surface area (TPSA) is 42.4 Å². The van der Waals surface area contributed by atoms with Crippen LogP contribution in [0.1, 0.15) is 43.9 Å². The maximum Gasteiger partial charge on any atom is 0.246 e. The van der Waals surface area contributed by atoms with Gasteiger partial charge in [0.2, 0.25) is 5.91 Å². The van der Waals surface area contributed by atoms with Crippen LogP contribution in [0.4, 0.5) is 0 Å². The summed E-state index contributed by atoms with van der Waals surface area (Å²) in [7, 11) is 1.94. The fourth-order valence-electron chi connectivity index (χ4n) is 4.13. The lowest BCUT2D eigenvalue weighted by Gasteiger charge is -2.56. The molecule has 0 aromatic carbocycles. The first kappa shape index (κ1) is 15.7. The van der Waals surface area contributed by atoms with Crippen molar-refractivity contribution in [3.63, 3.8) is 0 Å². The summed E-state index contributed by atoms with van der Waals surface area (Å²) < 4.78 is 5.93. The van der Waals surface area contributed by atoms with Gasteiger partial charge in [0.05, 0.1) is 11.6 Å². The number of ether oxygens (including phenoxy) is 1. The Hall–Kier alpha value is -1.20. The maximum atomic E-state index is 12.5. The average molecular weight is 320 g/mol. The molecular weight excluding hydrogens is 296 g/mol. The molecule has 22 heavy (non-hydrogen) atoms. The van der Waals surface area contributed by atoms with E-state index in [1.165, 1.54) is 25.7 Å². The second-order valence-corrected chi connectivity index (χ2v) is 7.24. The van der Waals surface area contributed by atoms with Crippen LogP contribution in [0.15, 0.2) is 17.8 Å². The van der Waals surface area contributed by atoms with E-state index in [4.69, 9.17) is 4.74 Å². The van der Waals surface area contributed by atoms with E-state index in [1.807, 2.05) is 18.0 Å². The second-order valence-electron chi connectivity index (χ2n) is 6.32. The first-order valence-corrected chi connectivity index (χ1v) is 9.00. The van der Waals surface area contributed by atoms with Crippen LogP contribution in [0.25, 0.3) is 6.08 Å². The Bertz CT molecular complexity index is 535. The molecule has 0 bridgehead atoms. The minimum Gasteiger partial charge on any atom is -0.378 e. The Labute approximate surface area is 136 Å². The average Bonchev–Trinajstić information content (AvgIpc) is 3.20. The van der Waals surface area contributed by atoms with Crippen molar-refractivity contribution in [2.45, 2.75) is 51.2 Å². The molecule has 2 fully saturated rings. The number of hydrogen-bond acceptors (Lipinski definition) is 4. The highest BCUT2D eigenvalue weighted by molar-refractivity contribution is 7.10. The van der Waals surface area contributed by atoms with E-state index in [-0.39, 0.29) is 11.3 Å². The quantitative estimate of drug-likeness (QED) is 0.781. The van der Waals surface area contributed by atoms with Gasteiger partial charge in [0.1, 0.15) is 0 Å². The van der Waals surface area contributed by atoms with Crippen LogP contribution in [0.2, 0.25) is 0 Å². The lowest BCUT2D eigenvalue weighted by Crippen LogP contribution is -2.63. The number of hydrogen-bond donors (Lipinski definition) is 0. The van der Waals surface area contributed by atoms with Crippen LogP contribution in [0.3, 0.4) is 0 Å². The molecule has 1 heterocycles. The van der Waals surface area contributed by atoms with Gasteiger partial charge in [-0.15, -0.1) is 11.3 Å². The van der Waals surface area contributed by atoms with Crippen LogP contribution < -0.4 is 0 Å². The molecule has 4 nitrogen and oxygen atoms in total. The number of rotatable bonds is 5. The molecule has 120 valence electrons. The largest absolute Gasteiger partial charge is 0.378 e. The zero-order chi connectivity index (χ0) is 15.6. The van der Waals surface area contributed by atoms with Gasteiger partial charge in [-0.25, -0.2) is 0 Å². The van der Waals surface area contributed by atoms with Gasteiger partial charge in [-0.1, -0.05) is 12.8 Å². The number of amides is 1. The van der Waals surface area contributed by atoms with Crippen molar-refractivity contribution in [2.75, 3.05) is 13.7 Å². The molecule has 1 spiro atoms. The van der Waals surface area contributed by atoms with Crippen molar-refractivity contribution in [1.82, 2.24) is 9.88 Å². The van der Waals surface area contributed by atoms with Crippen molar-refractivity contribution in [2.24, 2.45) is 5.41 Å². The summed E-state index contributed by atoms with van der Waals surface area (Å²) in [5.74, 6) is 0.0830. The highest BCUT2D eigenvalue weighted by atomic mass is 32.1. The van der Waals surface area contributed by atoms with Crippen molar-refractivity contribution < 1.29 is 9.53 Å². The molecule has 2 atom stereocenters. The Balaban J connectivity index is 1.66. The molecule has 0 saturated heterocycles. The smallest absolute Gasteiger partial charge is 0.246 e. The molecule has 0 radical (unpaired) electrons. The lowest BCUT2D eigenvalue weighted by atomic mass is 9.60. The van der Waals surface area contributed by atoms with E-state index in [0.29, 0.717) is 12.1 Å². The third-order valence-electron chi connectivity index (χ3n) is 5.30.